The van der Waals surface area contributed by atoms with Crippen molar-refractivity contribution < 1.29 is 4.39 Å². The molecule has 0 aliphatic carbocycles. The fraction of sp³-hybridized carbons (Fsp3) is 0.167. The summed E-state index contributed by atoms with van der Waals surface area (Å²) in [6, 6.07) is 6.09. The van der Waals surface area contributed by atoms with Crippen LogP contribution in [-0.4, -0.2) is 16.5 Å². The first kappa shape index (κ1) is 12.6. The Morgan fingerprint density at radius 1 is 1.33 bits per heavy atom. The molecule has 1 aromatic heterocycles. The molecule has 0 amide bonds. The third kappa shape index (κ3) is 2.51. The van der Waals surface area contributed by atoms with Crippen LogP contribution in [0.4, 0.5) is 21.8 Å². The number of halogens is 2. The molecule has 94 valence electrons. The van der Waals surface area contributed by atoms with Crippen molar-refractivity contribution in [1.29, 1.82) is 0 Å². The largest absolute Gasteiger partial charge is 0.368 e. The first-order chi connectivity index (χ1) is 8.61. The molecule has 2 N–H and O–H groups in total. The van der Waals surface area contributed by atoms with E-state index in [9.17, 15) is 4.39 Å². The molecule has 1 heterocycles. The molecule has 0 fully saturated rings. The highest BCUT2D eigenvalue weighted by atomic mass is 35.5. The number of nitrogens with two attached hydrogens (primary N) is 1. The molecule has 6 heteroatoms. The Kier molecular flexibility index (Phi) is 3.62. The number of aromatic nitrogens is 2. The van der Waals surface area contributed by atoms with Gasteiger partial charge in [0.2, 0.25) is 5.95 Å². The van der Waals surface area contributed by atoms with Crippen molar-refractivity contribution in [2.45, 2.75) is 6.92 Å². The zero-order valence-electron chi connectivity index (χ0n) is 9.77. The molecule has 0 saturated carbocycles. The summed E-state index contributed by atoms with van der Waals surface area (Å²) in [6.45, 7) is 2.57. The second-order valence-corrected chi connectivity index (χ2v) is 4.03. The van der Waals surface area contributed by atoms with E-state index in [0.717, 1.165) is 5.69 Å². The van der Waals surface area contributed by atoms with Crippen molar-refractivity contribution in [3.05, 3.63) is 41.3 Å². The van der Waals surface area contributed by atoms with Gasteiger partial charge in [-0.3, -0.25) is 0 Å². The maximum absolute atomic E-state index is 12.9. The van der Waals surface area contributed by atoms with Gasteiger partial charge in [-0.1, -0.05) is 11.6 Å². The Morgan fingerprint density at radius 2 is 2.00 bits per heavy atom. The van der Waals surface area contributed by atoms with Crippen molar-refractivity contribution in [1.82, 2.24) is 9.97 Å². The molecule has 0 radical (unpaired) electrons. The first-order valence-electron chi connectivity index (χ1n) is 5.43. The van der Waals surface area contributed by atoms with E-state index in [0.29, 0.717) is 17.4 Å². The Hall–Kier alpha value is -1.88. The van der Waals surface area contributed by atoms with Crippen molar-refractivity contribution in [3.63, 3.8) is 0 Å². The summed E-state index contributed by atoms with van der Waals surface area (Å²) in [5.41, 5.74) is 6.35. The zero-order valence-corrected chi connectivity index (χ0v) is 10.5. The van der Waals surface area contributed by atoms with E-state index in [2.05, 4.69) is 9.97 Å². The van der Waals surface area contributed by atoms with Gasteiger partial charge >= 0.3 is 0 Å². The molecular weight excluding hydrogens is 255 g/mol. The standard InChI is InChI=1S/C12H12ClFN4/c1-2-18(9-5-3-8(14)4-6-9)11-10(13)7-16-12(15)17-11/h3-7H,2H2,1H3,(H2,15,16,17). The lowest BCUT2D eigenvalue weighted by Gasteiger charge is -2.22. The van der Waals surface area contributed by atoms with Crippen molar-refractivity contribution >= 4 is 29.1 Å². The van der Waals surface area contributed by atoms with Gasteiger partial charge in [-0.25, -0.2) is 9.37 Å². The second-order valence-electron chi connectivity index (χ2n) is 3.62. The van der Waals surface area contributed by atoms with Crippen LogP contribution in [0.5, 0.6) is 0 Å². The van der Waals surface area contributed by atoms with E-state index in [-0.39, 0.29) is 11.8 Å². The van der Waals surface area contributed by atoms with E-state index < -0.39 is 0 Å². The molecule has 4 nitrogen and oxygen atoms in total. The van der Waals surface area contributed by atoms with Crippen molar-refractivity contribution in [2.75, 3.05) is 17.2 Å². The lowest BCUT2D eigenvalue weighted by molar-refractivity contribution is 0.628. The van der Waals surface area contributed by atoms with Crippen LogP contribution in [0.2, 0.25) is 5.02 Å². The number of nitrogens with zero attached hydrogens (tertiary/aromatic N) is 3. The van der Waals surface area contributed by atoms with E-state index >= 15 is 0 Å². The van der Waals surface area contributed by atoms with Gasteiger partial charge < -0.3 is 10.6 Å². The minimum atomic E-state index is -0.289. The number of hydrogen-bond donors (Lipinski definition) is 1. The van der Waals surface area contributed by atoms with Gasteiger partial charge in [0.1, 0.15) is 10.8 Å². The maximum atomic E-state index is 12.9. The summed E-state index contributed by atoms with van der Waals surface area (Å²) in [5, 5.41) is 0.398. The molecule has 0 unspecified atom stereocenters. The highest BCUT2D eigenvalue weighted by Crippen LogP contribution is 2.29. The third-order valence-electron chi connectivity index (χ3n) is 2.45. The van der Waals surface area contributed by atoms with E-state index in [1.54, 1.807) is 12.1 Å². The highest BCUT2D eigenvalue weighted by molar-refractivity contribution is 6.33. The molecule has 2 rings (SSSR count). The average molecular weight is 267 g/mol. The van der Waals surface area contributed by atoms with Gasteiger partial charge in [0.05, 0.1) is 6.20 Å². The van der Waals surface area contributed by atoms with Gasteiger partial charge in [0.25, 0.3) is 0 Å². The van der Waals surface area contributed by atoms with Crippen LogP contribution in [0, 0.1) is 5.82 Å². The minimum Gasteiger partial charge on any atom is -0.368 e. The quantitative estimate of drug-likeness (QED) is 0.928. The number of hydrogen-bond acceptors (Lipinski definition) is 4. The van der Waals surface area contributed by atoms with Gasteiger partial charge in [0.15, 0.2) is 5.82 Å². The molecule has 0 aliphatic rings. The summed E-state index contributed by atoms with van der Waals surface area (Å²) in [7, 11) is 0. The molecule has 2 aromatic rings. The Bertz CT molecular complexity index is 544. The third-order valence-corrected chi connectivity index (χ3v) is 2.72. The highest BCUT2D eigenvalue weighted by Gasteiger charge is 2.13. The van der Waals surface area contributed by atoms with Crippen molar-refractivity contribution in [2.24, 2.45) is 0 Å². The van der Waals surface area contributed by atoms with E-state index in [1.165, 1.54) is 18.3 Å². The Labute approximate surface area is 109 Å². The first-order valence-corrected chi connectivity index (χ1v) is 5.80. The monoisotopic (exact) mass is 266 g/mol. The van der Waals surface area contributed by atoms with Crippen LogP contribution in [0.1, 0.15) is 6.92 Å². The van der Waals surface area contributed by atoms with Gasteiger partial charge in [-0.05, 0) is 31.2 Å². The summed E-state index contributed by atoms with van der Waals surface area (Å²) in [6.07, 6.45) is 1.45. The summed E-state index contributed by atoms with van der Waals surface area (Å²) in [4.78, 5) is 9.75. The number of anilines is 3. The molecular formula is C12H12ClFN4. The van der Waals surface area contributed by atoms with Gasteiger partial charge in [-0.2, -0.15) is 4.98 Å². The van der Waals surface area contributed by atoms with Gasteiger partial charge in [0, 0.05) is 12.2 Å². The van der Waals surface area contributed by atoms with Crippen LogP contribution in [0.15, 0.2) is 30.5 Å². The number of nitrogen functional groups attached to an aromatic ring is 1. The van der Waals surface area contributed by atoms with E-state index in [4.69, 9.17) is 17.3 Å². The fourth-order valence-electron chi connectivity index (χ4n) is 1.64. The average Bonchev–Trinajstić information content (AvgIpc) is 2.37. The molecule has 0 bridgehead atoms. The molecule has 0 saturated heterocycles. The summed E-state index contributed by atoms with van der Waals surface area (Å²) < 4.78 is 12.9. The summed E-state index contributed by atoms with van der Waals surface area (Å²) in [5.74, 6) is 0.372. The van der Waals surface area contributed by atoms with Crippen LogP contribution >= 0.6 is 11.6 Å². The fourth-order valence-corrected chi connectivity index (χ4v) is 1.83. The Balaban J connectivity index is 2.44. The SMILES string of the molecule is CCN(c1ccc(F)cc1)c1nc(N)ncc1Cl. The predicted molar refractivity (Wildman–Crippen MR) is 70.5 cm³/mol. The summed E-state index contributed by atoms with van der Waals surface area (Å²) >= 11 is 6.05. The van der Waals surface area contributed by atoms with Crippen LogP contribution in [0.25, 0.3) is 0 Å². The lowest BCUT2D eigenvalue weighted by Crippen LogP contribution is -2.18. The topological polar surface area (TPSA) is 55.0 Å². The van der Waals surface area contributed by atoms with Crippen LogP contribution < -0.4 is 10.6 Å². The smallest absolute Gasteiger partial charge is 0.222 e. The number of benzene rings is 1. The molecule has 1 aromatic carbocycles. The second kappa shape index (κ2) is 5.18. The van der Waals surface area contributed by atoms with Crippen LogP contribution in [0.3, 0.4) is 0 Å². The minimum absolute atomic E-state index is 0.148. The molecule has 0 aliphatic heterocycles. The molecule has 18 heavy (non-hydrogen) atoms. The van der Waals surface area contributed by atoms with Crippen LogP contribution in [-0.2, 0) is 0 Å². The van der Waals surface area contributed by atoms with E-state index in [1.807, 2.05) is 11.8 Å². The van der Waals surface area contributed by atoms with Gasteiger partial charge in [-0.15, -0.1) is 0 Å². The Morgan fingerprint density at radius 3 is 2.61 bits per heavy atom. The molecule has 0 spiro atoms. The lowest BCUT2D eigenvalue weighted by atomic mass is 10.2. The normalized spacial score (nSPS) is 10.4. The zero-order chi connectivity index (χ0) is 13.1. The molecule has 0 atom stereocenters. The van der Waals surface area contributed by atoms with Crippen molar-refractivity contribution in [3.8, 4) is 0 Å². The number of rotatable bonds is 3. The maximum Gasteiger partial charge on any atom is 0.222 e. The predicted octanol–water partition coefficient (Wildman–Crippen LogP) is 3.01.